The number of rotatable bonds is 3. The third-order valence-corrected chi connectivity index (χ3v) is 3.46. The molecule has 0 radical (unpaired) electrons. The summed E-state index contributed by atoms with van der Waals surface area (Å²) in [6.07, 6.45) is 1.08. The van der Waals surface area contributed by atoms with Crippen LogP contribution in [0, 0.1) is 12.7 Å². The number of aromatic nitrogens is 2. The molecule has 4 nitrogen and oxygen atoms in total. The topological polar surface area (TPSA) is 52.7 Å². The van der Waals surface area contributed by atoms with Crippen LogP contribution in [0.4, 0.5) is 10.2 Å². The van der Waals surface area contributed by atoms with Crippen LogP contribution >= 0.6 is 0 Å². The maximum atomic E-state index is 13.4. The molecule has 1 aromatic heterocycles. The van der Waals surface area contributed by atoms with Crippen LogP contribution in [0.15, 0.2) is 24.3 Å². The van der Waals surface area contributed by atoms with Gasteiger partial charge in [0, 0.05) is 23.8 Å². The molecule has 5 heteroatoms. The zero-order valence-corrected chi connectivity index (χ0v) is 10.8. The first-order valence-electron chi connectivity index (χ1n) is 6.52. The fraction of sp³-hybridized carbons (Fsp3) is 0.357. The second-order valence-corrected chi connectivity index (χ2v) is 4.92. The molecule has 0 spiro atoms. The van der Waals surface area contributed by atoms with Gasteiger partial charge in [-0.05, 0) is 37.6 Å². The number of nitrogens with one attached hydrogen (secondary N) is 3. The number of H-pyrrole nitrogens is 1. The maximum Gasteiger partial charge on any atom is 0.156 e. The molecule has 1 aromatic carbocycles. The van der Waals surface area contributed by atoms with Crippen molar-refractivity contribution in [2.45, 2.75) is 19.4 Å². The SMILES string of the molecule is Cc1[nH]nc(NC2CCNC2)c1-c1cccc(F)c1. The molecule has 1 fully saturated rings. The van der Waals surface area contributed by atoms with Crippen LogP contribution in [-0.2, 0) is 0 Å². The molecule has 0 bridgehead atoms. The highest BCUT2D eigenvalue weighted by Crippen LogP contribution is 2.30. The predicted octanol–water partition coefficient (Wildman–Crippen LogP) is 2.30. The fourth-order valence-electron chi connectivity index (χ4n) is 2.50. The average Bonchev–Trinajstić information content (AvgIpc) is 3.00. The Hall–Kier alpha value is -1.88. The van der Waals surface area contributed by atoms with Crippen molar-refractivity contribution in [2.24, 2.45) is 0 Å². The largest absolute Gasteiger partial charge is 0.364 e. The summed E-state index contributed by atoms with van der Waals surface area (Å²) >= 11 is 0. The summed E-state index contributed by atoms with van der Waals surface area (Å²) in [7, 11) is 0. The monoisotopic (exact) mass is 260 g/mol. The molecule has 1 aliphatic rings. The highest BCUT2D eigenvalue weighted by molar-refractivity contribution is 5.77. The van der Waals surface area contributed by atoms with Crippen LogP contribution in [-0.4, -0.2) is 29.3 Å². The number of hydrogen-bond acceptors (Lipinski definition) is 3. The van der Waals surface area contributed by atoms with Gasteiger partial charge in [-0.15, -0.1) is 0 Å². The number of hydrogen-bond donors (Lipinski definition) is 3. The van der Waals surface area contributed by atoms with Crippen molar-refractivity contribution >= 4 is 5.82 Å². The molecule has 100 valence electrons. The van der Waals surface area contributed by atoms with Gasteiger partial charge in [-0.3, -0.25) is 5.10 Å². The molecule has 0 aliphatic carbocycles. The van der Waals surface area contributed by atoms with Gasteiger partial charge >= 0.3 is 0 Å². The van der Waals surface area contributed by atoms with Crippen molar-refractivity contribution < 1.29 is 4.39 Å². The van der Waals surface area contributed by atoms with Gasteiger partial charge in [-0.25, -0.2) is 4.39 Å². The lowest BCUT2D eigenvalue weighted by Gasteiger charge is -2.12. The van der Waals surface area contributed by atoms with Gasteiger partial charge in [0.2, 0.25) is 0 Å². The van der Waals surface area contributed by atoms with Crippen molar-refractivity contribution in [1.82, 2.24) is 15.5 Å². The van der Waals surface area contributed by atoms with Gasteiger partial charge in [-0.1, -0.05) is 12.1 Å². The molecule has 1 unspecified atom stereocenters. The highest BCUT2D eigenvalue weighted by Gasteiger charge is 2.19. The summed E-state index contributed by atoms with van der Waals surface area (Å²) < 4.78 is 13.4. The number of anilines is 1. The molecule has 2 aromatic rings. The van der Waals surface area contributed by atoms with E-state index in [1.165, 1.54) is 12.1 Å². The lowest BCUT2D eigenvalue weighted by atomic mass is 10.1. The highest BCUT2D eigenvalue weighted by atomic mass is 19.1. The predicted molar refractivity (Wildman–Crippen MR) is 73.6 cm³/mol. The molecule has 3 N–H and O–H groups in total. The van der Waals surface area contributed by atoms with E-state index >= 15 is 0 Å². The Balaban J connectivity index is 1.93. The average molecular weight is 260 g/mol. The van der Waals surface area contributed by atoms with E-state index in [9.17, 15) is 4.39 Å². The lowest BCUT2D eigenvalue weighted by molar-refractivity contribution is 0.628. The van der Waals surface area contributed by atoms with Crippen molar-refractivity contribution in [3.8, 4) is 11.1 Å². The van der Waals surface area contributed by atoms with E-state index < -0.39 is 0 Å². The Morgan fingerprint density at radius 3 is 3.05 bits per heavy atom. The van der Waals surface area contributed by atoms with E-state index in [-0.39, 0.29) is 5.82 Å². The number of aromatic amines is 1. The zero-order valence-electron chi connectivity index (χ0n) is 10.8. The number of nitrogens with zero attached hydrogens (tertiary/aromatic N) is 1. The van der Waals surface area contributed by atoms with E-state index in [1.807, 2.05) is 13.0 Å². The van der Waals surface area contributed by atoms with Crippen molar-refractivity contribution in [3.63, 3.8) is 0 Å². The second kappa shape index (κ2) is 5.01. The minimum Gasteiger partial charge on any atom is -0.364 e. The lowest BCUT2D eigenvalue weighted by Crippen LogP contribution is -2.22. The Morgan fingerprint density at radius 2 is 2.32 bits per heavy atom. The molecule has 3 rings (SSSR count). The quantitative estimate of drug-likeness (QED) is 0.793. The molecule has 0 saturated carbocycles. The molecule has 1 atom stereocenters. The van der Waals surface area contributed by atoms with Crippen LogP contribution in [0.5, 0.6) is 0 Å². The molecular weight excluding hydrogens is 243 g/mol. The van der Waals surface area contributed by atoms with E-state index in [0.29, 0.717) is 6.04 Å². The van der Waals surface area contributed by atoms with Crippen LogP contribution in [0.1, 0.15) is 12.1 Å². The van der Waals surface area contributed by atoms with Gasteiger partial charge in [0.05, 0.1) is 0 Å². The van der Waals surface area contributed by atoms with E-state index in [4.69, 9.17) is 0 Å². The minimum absolute atomic E-state index is 0.230. The first kappa shape index (κ1) is 12.2. The minimum atomic E-state index is -0.230. The molecular formula is C14H17FN4. The van der Waals surface area contributed by atoms with E-state index in [2.05, 4.69) is 20.8 Å². The van der Waals surface area contributed by atoms with Crippen LogP contribution in [0.3, 0.4) is 0 Å². The Kier molecular flexibility index (Phi) is 3.21. The summed E-state index contributed by atoms with van der Waals surface area (Å²) in [5.41, 5.74) is 2.74. The summed E-state index contributed by atoms with van der Waals surface area (Å²) in [6, 6.07) is 7.00. The summed E-state index contributed by atoms with van der Waals surface area (Å²) in [6.45, 7) is 3.91. The molecule has 19 heavy (non-hydrogen) atoms. The van der Waals surface area contributed by atoms with Crippen LogP contribution in [0.25, 0.3) is 11.1 Å². The normalized spacial score (nSPS) is 18.7. The smallest absolute Gasteiger partial charge is 0.156 e. The van der Waals surface area contributed by atoms with Gasteiger partial charge in [0.15, 0.2) is 5.82 Å². The number of benzene rings is 1. The molecule has 2 heterocycles. The van der Waals surface area contributed by atoms with E-state index in [0.717, 1.165) is 42.1 Å². The van der Waals surface area contributed by atoms with Gasteiger partial charge < -0.3 is 10.6 Å². The van der Waals surface area contributed by atoms with Gasteiger partial charge in [-0.2, -0.15) is 5.10 Å². The Labute approximate surface area is 111 Å². The number of halogens is 1. The summed E-state index contributed by atoms with van der Waals surface area (Å²) in [5.74, 6) is 0.573. The van der Waals surface area contributed by atoms with Gasteiger partial charge in [0.1, 0.15) is 5.82 Å². The molecule has 1 saturated heterocycles. The Morgan fingerprint density at radius 1 is 1.42 bits per heavy atom. The summed E-state index contributed by atoms with van der Waals surface area (Å²) in [5, 5.41) is 14.0. The number of aryl methyl sites for hydroxylation is 1. The maximum absolute atomic E-state index is 13.4. The first-order valence-corrected chi connectivity index (χ1v) is 6.52. The zero-order chi connectivity index (χ0) is 13.2. The van der Waals surface area contributed by atoms with E-state index in [1.54, 1.807) is 6.07 Å². The Bertz CT molecular complexity index is 573. The van der Waals surface area contributed by atoms with Crippen molar-refractivity contribution in [1.29, 1.82) is 0 Å². The third kappa shape index (κ3) is 2.46. The van der Waals surface area contributed by atoms with Crippen LogP contribution in [0.2, 0.25) is 0 Å². The standard InChI is InChI=1S/C14H17FN4/c1-9-13(10-3-2-4-11(15)7-10)14(19-18-9)17-12-5-6-16-8-12/h2-4,7,12,16H,5-6,8H2,1H3,(H2,17,18,19). The summed E-state index contributed by atoms with van der Waals surface area (Å²) in [4.78, 5) is 0. The molecule has 1 aliphatic heterocycles. The van der Waals surface area contributed by atoms with Crippen molar-refractivity contribution in [3.05, 3.63) is 35.8 Å². The fourth-order valence-corrected chi connectivity index (χ4v) is 2.50. The van der Waals surface area contributed by atoms with Crippen LogP contribution < -0.4 is 10.6 Å². The molecule has 0 amide bonds. The van der Waals surface area contributed by atoms with Gasteiger partial charge in [0.25, 0.3) is 0 Å². The van der Waals surface area contributed by atoms with Crippen molar-refractivity contribution in [2.75, 3.05) is 18.4 Å². The first-order chi connectivity index (χ1) is 9.24. The third-order valence-electron chi connectivity index (χ3n) is 3.46. The second-order valence-electron chi connectivity index (χ2n) is 4.92.